The smallest absolute Gasteiger partial charge is 0.328 e. The summed E-state index contributed by atoms with van der Waals surface area (Å²) in [7, 11) is 0. The van der Waals surface area contributed by atoms with Crippen LogP contribution < -0.4 is 0 Å². The average Bonchev–Trinajstić information content (AvgIpc) is 2.42. The summed E-state index contributed by atoms with van der Waals surface area (Å²) in [4.78, 5) is 23.3. The number of carbonyl (C=O) groups excluding carboxylic acids is 1. The molecule has 2 rings (SSSR count). The van der Waals surface area contributed by atoms with Crippen molar-refractivity contribution in [3.63, 3.8) is 0 Å². The van der Waals surface area contributed by atoms with Crippen LogP contribution in [0.2, 0.25) is 0 Å². The number of allylic oxidation sites excluding steroid dienone is 1. The second-order valence-electron chi connectivity index (χ2n) is 8.36. The molecule has 0 aliphatic heterocycles. The molecule has 4 atom stereocenters. The lowest BCUT2D eigenvalue weighted by molar-refractivity contribution is -0.158. The van der Waals surface area contributed by atoms with Gasteiger partial charge in [-0.1, -0.05) is 26.3 Å². The molecule has 2 saturated carbocycles. The third-order valence-corrected chi connectivity index (χ3v) is 6.57. The van der Waals surface area contributed by atoms with E-state index in [0.717, 1.165) is 24.8 Å². The number of carboxylic acids is 1. The number of aliphatic hydroxyl groups is 1. The van der Waals surface area contributed by atoms with Crippen molar-refractivity contribution in [2.24, 2.45) is 22.7 Å². The van der Waals surface area contributed by atoms with Gasteiger partial charge >= 0.3 is 5.97 Å². The summed E-state index contributed by atoms with van der Waals surface area (Å²) < 4.78 is 0. The highest BCUT2D eigenvalue weighted by Crippen LogP contribution is 2.59. The maximum atomic E-state index is 12.6. The molecule has 2 aliphatic rings. The highest BCUT2D eigenvalue weighted by Gasteiger charge is 2.56. The van der Waals surface area contributed by atoms with Gasteiger partial charge in [-0.05, 0) is 55.8 Å². The van der Waals surface area contributed by atoms with Gasteiger partial charge in [0, 0.05) is 18.4 Å². The number of carbonyl (C=O) groups is 2. The maximum absolute atomic E-state index is 12.6. The molecule has 2 fully saturated rings. The zero-order chi connectivity index (χ0) is 17.4. The van der Waals surface area contributed by atoms with E-state index in [9.17, 15) is 14.7 Å². The largest absolute Gasteiger partial charge is 0.478 e. The van der Waals surface area contributed by atoms with Crippen LogP contribution in [-0.4, -0.2) is 28.1 Å². The first-order valence-electron chi connectivity index (χ1n) is 8.70. The summed E-state index contributed by atoms with van der Waals surface area (Å²) in [6.45, 7) is 8.28. The third kappa shape index (κ3) is 3.37. The Labute approximate surface area is 139 Å². The number of fused-ring (bicyclic) bond motifs is 1. The van der Waals surface area contributed by atoms with E-state index in [1.807, 2.05) is 6.92 Å². The van der Waals surface area contributed by atoms with E-state index >= 15 is 0 Å². The molecule has 0 heterocycles. The molecule has 0 spiro atoms. The number of aliphatic carboxylic acids is 1. The Kier molecular flexibility index (Phi) is 5.05. The van der Waals surface area contributed by atoms with Crippen LogP contribution >= 0.6 is 0 Å². The first-order valence-corrected chi connectivity index (χ1v) is 8.70. The van der Waals surface area contributed by atoms with Gasteiger partial charge < -0.3 is 10.2 Å². The molecule has 4 heteroatoms. The van der Waals surface area contributed by atoms with Gasteiger partial charge in [0.2, 0.25) is 0 Å². The zero-order valence-electron chi connectivity index (χ0n) is 14.8. The first-order chi connectivity index (χ1) is 10.6. The number of rotatable bonds is 4. The van der Waals surface area contributed by atoms with Crippen molar-refractivity contribution in [2.75, 3.05) is 0 Å². The SMILES string of the molecule is CC(=CC(=O)O)CCC1C(=O)CCC2C(C)(C)C(O)CCC12C. The van der Waals surface area contributed by atoms with Crippen LogP contribution in [0.15, 0.2) is 11.6 Å². The van der Waals surface area contributed by atoms with Gasteiger partial charge in [0.15, 0.2) is 0 Å². The van der Waals surface area contributed by atoms with Gasteiger partial charge in [-0.25, -0.2) is 4.79 Å². The number of ketones is 1. The number of hydrogen-bond donors (Lipinski definition) is 2. The Morgan fingerprint density at radius 1 is 1.30 bits per heavy atom. The van der Waals surface area contributed by atoms with Crippen molar-refractivity contribution in [2.45, 2.75) is 72.3 Å². The molecule has 4 nitrogen and oxygen atoms in total. The standard InChI is InChI=1S/C19H30O4/c1-12(11-17(22)23)5-6-13-14(20)7-8-15-18(2,3)16(21)9-10-19(13,15)4/h11,13,15-16,21H,5-10H2,1-4H3,(H,22,23). The van der Waals surface area contributed by atoms with Crippen LogP contribution in [0.5, 0.6) is 0 Å². The second-order valence-corrected chi connectivity index (χ2v) is 8.36. The predicted molar refractivity (Wildman–Crippen MR) is 89.0 cm³/mol. The first kappa shape index (κ1) is 18.2. The molecule has 0 radical (unpaired) electrons. The third-order valence-electron chi connectivity index (χ3n) is 6.57. The Hall–Kier alpha value is -1.16. The lowest BCUT2D eigenvalue weighted by atomic mass is 9.47. The van der Waals surface area contributed by atoms with E-state index in [-0.39, 0.29) is 22.9 Å². The summed E-state index contributed by atoms with van der Waals surface area (Å²) >= 11 is 0. The zero-order valence-corrected chi connectivity index (χ0v) is 14.8. The minimum absolute atomic E-state index is 0.0230. The van der Waals surface area contributed by atoms with Crippen molar-refractivity contribution in [3.05, 3.63) is 11.6 Å². The Bertz CT molecular complexity index is 519. The van der Waals surface area contributed by atoms with Crippen molar-refractivity contribution in [3.8, 4) is 0 Å². The molecule has 4 unspecified atom stereocenters. The van der Waals surface area contributed by atoms with Gasteiger partial charge in [0.1, 0.15) is 5.78 Å². The number of carboxylic acid groups (broad SMARTS) is 1. The van der Waals surface area contributed by atoms with Crippen molar-refractivity contribution >= 4 is 11.8 Å². The van der Waals surface area contributed by atoms with Crippen LogP contribution in [-0.2, 0) is 9.59 Å². The quantitative estimate of drug-likeness (QED) is 0.776. The normalized spacial score (nSPS) is 37.3. The summed E-state index contributed by atoms with van der Waals surface area (Å²) in [6, 6.07) is 0. The van der Waals surface area contributed by atoms with Gasteiger partial charge in [-0.3, -0.25) is 4.79 Å². The molecular weight excluding hydrogens is 292 g/mol. The topological polar surface area (TPSA) is 74.6 Å². The maximum Gasteiger partial charge on any atom is 0.328 e. The second kappa shape index (κ2) is 6.39. The highest BCUT2D eigenvalue weighted by atomic mass is 16.4. The fraction of sp³-hybridized carbons (Fsp3) is 0.789. The lowest BCUT2D eigenvalue weighted by Crippen LogP contribution is -2.56. The van der Waals surface area contributed by atoms with E-state index in [4.69, 9.17) is 5.11 Å². The molecular formula is C19H30O4. The molecule has 0 saturated heterocycles. The molecule has 2 N–H and O–H groups in total. The average molecular weight is 322 g/mol. The lowest BCUT2D eigenvalue weighted by Gasteiger charge is -2.58. The van der Waals surface area contributed by atoms with Gasteiger partial charge in [-0.2, -0.15) is 0 Å². The van der Waals surface area contributed by atoms with Crippen molar-refractivity contribution in [1.82, 2.24) is 0 Å². The molecule has 130 valence electrons. The van der Waals surface area contributed by atoms with Crippen LogP contribution in [0, 0.1) is 22.7 Å². The summed E-state index contributed by atoms with van der Waals surface area (Å²) in [6.07, 6.45) is 5.36. The minimum Gasteiger partial charge on any atom is -0.478 e. The number of Topliss-reactive ketones (excluding diaryl/α,β-unsaturated/α-hetero) is 1. The summed E-state index contributed by atoms with van der Waals surface area (Å²) in [5.41, 5.74) is 0.561. The van der Waals surface area contributed by atoms with E-state index in [1.54, 1.807) is 0 Å². The summed E-state index contributed by atoms with van der Waals surface area (Å²) in [5.74, 6) is -0.294. The minimum atomic E-state index is -0.927. The van der Waals surface area contributed by atoms with Crippen molar-refractivity contribution < 1.29 is 19.8 Å². The van der Waals surface area contributed by atoms with Crippen LogP contribution in [0.25, 0.3) is 0 Å². The monoisotopic (exact) mass is 322 g/mol. The number of aliphatic hydroxyl groups excluding tert-OH is 1. The van der Waals surface area contributed by atoms with Crippen LogP contribution in [0.1, 0.15) is 66.2 Å². The molecule has 0 bridgehead atoms. The summed E-state index contributed by atoms with van der Waals surface area (Å²) in [5, 5.41) is 19.2. The molecule has 0 aromatic rings. The number of hydrogen-bond acceptors (Lipinski definition) is 3. The van der Waals surface area contributed by atoms with Crippen LogP contribution in [0.4, 0.5) is 0 Å². The van der Waals surface area contributed by atoms with Gasteiger partial charge in [0.05, 0.1) is 6.10 Å². The van der Waals surface area contributed by atoms with E-state index in [1.165, 1.54) is 6.08 Å². The molecule has 23 heavy (non-hydrogen) atoms. The fourth-order valence-corrected chi connectivity index (χ4v) is 5.17. The predicted octanol–water partition coefficient (Wildman–Crippen LogP) is 3.58. The fourth-order valence-electron chi connectivity index (χ4n) is 5.17. The molecule has 0 aromatic heterocycles. The van der Waals surface area contributed by atoms with E-state index in [0.29, 0.717) is 31.0 Å². The van der Waals surface area contributed by atoms with Gasteiger partial charge in [-0.15, -0.1) is 0 Å². The Balaban J connectivity index is 2.21. The molecule has 0 aromatic carbocycles. The van der Waals surface area contributed by atoms with E-state index in [2.05, 4.69) is 20.8 Å². The highest BCUT2D eigenvalue weighted by molar-refractivity contribution is 5.83. The van der Waals surface area contributed by atoms with Crippen LogP contribution in [0.3, 0.4) is 0 Å². The van der Waals surface area contributed by atoms with E-state index < -0.39 is 5.97 Å². The Morgan fingerprint density at radius 3 is 2.57 bits per heavy atom. The molecule has 0 amide bonds. The van der Waals surface area contributed by atoms with Crippen molar-refractivity contribution in [1.29, 1.82) is 0 Å². The molecule has 2 aliphatic carbocycles. The Morgan fingerprint density at radius 2 is 1.96 bits per heavy atom. The van der Waals surface area contributed by atoms with Gasteiger partial charge in [0.25, 0.3) is 0 Å².